The highest BCUT2D eigenvalue weighted by molar-refractivity contribution is 5.91. The number of rotatable bonds is 5. The Balaban J connectivity index is 1.46. The molecule has 0 radical (unpaired) electrons. The van der Waals surface area contributed by atoms with E-state index in [-0.39, 0.29) is 24.9 Å². The first-order valence-corrected chi connectivity index (χ1v) is 9.01. The summed E-state index contributed by atoms with van der Waals surface area (Å²) in [7, 11) is 0. The number of aliphatic hydroxyl groups excluding tert-OH is 2. The molecule has 2 fully saturated rings. The van der Waals surface area contributed by atoms with Crippen molar-refractivity contribution in [1.82, 2.24) is 10.2 Å². The molecule has 2 aliphatic heterocycles. The first-order chi connectivity index (χ1) is 13.0. The van der Waals surface area contributed by atoms with Gasteiger partial charge in [-0.1, -0.05) is 18.2 Å². The molecule has 2 heterocycles. The fourth-order valence-corrected chi connectivity index (χ4v) is 3.15. The molecule has 4 unspecified atom stereocenters. The number of ether oxygens (including phenoxy) is 2. The van der Waals surface area contributed by atoms with Gasteiger partial charge in [0.2, 0.25) is 5.91 Å². The van der Waals surface area contributed by atoms with Gasteiger partial charge >= 0.3 is 6.03 Å². The standard InChI is InChI=1S/C18H25N3O6/c22-15(20-12-4-2-1-3-5-12)10-13-16(23)17(24)14(27-13)11-19-18(25)21-6-8-26-9-7-21/h1-5,13-14,16-17,23-24H,6-11H2,(H,19,25)(H,20,22). The van der Waals surface area contributed by atoms with Crippen molar-refractivity contribution in [3.63, 3.8) is 0 Å². The van der Waals surface area contributed by atoms with E-state index in [4.69, 9.17) is 9.47 Å². The van der Waals surface area contributed by atoms with Crippen LogP contribution in [0.2, 0.25) is 0 Å². The van der Waals surface area contributed by atoms with Crippen LogP contribution in [-0.4, -0.2) is 84.3 Å². The molecule has 0 bridgehead atoms. The van der Waals surface area contributed by atoms with Gasteiger partial charge in [0.1, 0.15) is 18.3 Å². The molecule has 0 spiro atoms. The summed E-state index contributed by atoms with van der Waals surface area (Å²) in [6.07, 6.45) is -4.09. The van der Waals surface area contributed by atoms with Crippen molar-refractivity contribution >= 4 is 17.6 Å². The molecule has 1 aromatic rings. The van der Waals surface area contributed by atoms with Gasteiger partial charge in [-0.15, -0.1) is 0 Å². The molecule has 2 saturated heterocycles. The number of carbonyl (C=O) groups excluding carboxylic acids is 2. The molecule has 0 aliphatic carbocycles. The number of aliphatic hydroxyl groups is 2. The van der Waals surface area contributed by atoms with E-state index in [0.717, 1.165) is 0 Å². The fourth-order valence-electron chi connectivity index (χ4n) is 3.15. The van der Waals surface area contributed by atoms with Gasteiger partial charge in [-0.05, 0) is 12.1 Å². The van der Waals surface area contributed by atoms with E-state index in [2.05, 4.69) is 10.6 Å². The summed E-state index contributed by atoms with van der Waals surface area (Å²) >= 11 is 0. The fraction of sp³-hybridized carbons (Fsp3) is 0.556. The molecule has 0 saturated carbocycles. The topological polar surface area (TPSA) is 120 Å². The van der Waals surface area contributed by atoms with Crippen LogP contribution >= 0.6 is 0 Å². The van der Waals surface area contributed by atoms with Gasteiger partial charge in [-0.3, -0.25) is 4.79 Å². The summed E-state index contributed by atoms with van der Waals surface area (Å²) in [5, 5.41) is 25.7. The Hall–Kier alpha value is -2.20. The van der Waals surface area contributed by atoms with Crippen LogP contribution in [0.25, 0.3) is 0 Å². The molecule has 4 N–H and O–H groups in total. The number of urea groups is 1. The average molecular weight is 379 g/mol. The molecule has 3 rings (SSSR count). The lowest BCUT2D eigenvalue weighted by Gasteiger charge is -2.27. The zero-order valence-corrected chi connectivity index (χ0v) is 14.9. The number of benzene rings is 1. The maximum absolute atomic E-state index is 12.1. The van der Waals surface area contributed by atoms with E-state index in [9.17, 15) is 19.8 Å². The van der Waals surface area contributed by atoms with Crippen LogP contribution in [0, 0.1) is 0 Å². The van der Waals surface area contributed by atoms with Gasteiger partial charge in [-0.25, -0.2) is 4.79 Å². The Bertz CT molecular complexity index is 637. The number of anilines is 1. The van der Waals surface area contributed by atoms with Crippen LogP contribution < -0.4 is 10.6 Å². The normalized spacial score (nSPS) is 28.0. The summed E-state index contributed by atoms with van der Waals surface area (Å²) in [6.45, 7) is 2.04. The minimum Gasteiger partial charge on any atom is -0.388 e. The maximum atomic E-state index is 12.1. The second-order valence-corrected chi connectivity index (χ2v) is 6.60. The van der Waals surface area contributed by atoms with Crippen molar-refractivity contribution in [2.75, 3.05) is 38.2 Å². The van der Waals surface area contributed by atoms with Crippen molar-refractivity contribution in [2.45, 2.75) is 30.8 Å². The Morgan fingerprint density at radius 3 is 2.44 bits per heavy atom. The van der Waals surface area contributed by atoms with E-state index in [0.29, 0.717) is 32.0 Å². The van der Waals surface area contributed by atoms with E-state index in [1.807, 2.05) is 6.07 Å². The third-order valence-electron chi connectivity index (χ3n) is 4.66. The highest BCUT2D eigenvalue weighted by Crippen LogP contribution is 2.24. The molecule has 27 heavy (non-hydrogen) atoms. The average Bonchev–Trinajstić information content (AvgIpc) is 2.95. The van der Waals surface area contributed by atoms with E-state index < -0.39 is 24.4 Å². The van der Waals surface area contributed by atoms with E-state index in [1.54, 1.807) is 29.2 Å². The van der Waals surface area contributed by atoms with Gasteiger partial charge in [0.15, 0.2) is 0 Å². The Kier molecular flexibility index (Phi) is 6.62. The molecule has 9 nitrogen and oxygen atoms in total. The summed E-state index contributed by atoms with van der Waals surface area (Å²) < 4.78 is 10.8. The summed E-state index contributed by atoms with van der Waals surface area (Å²) in [4.78, 5) is 25.8. The van der Waals surface area contributed by atoms with Crippen molar-refractivity contribution in [3.05, 3.63) is 30.3 Å². The predicted octanol–water partition coefficient (Wildman–Crippen LogP) is -0.454. The van der Waals surface area contributed by atoms with Crippen molar-refractivity contribution < 1.29 is 29.3 Å². The first kappa shape index (κ1) is 19.6. The summed E-state index contributed by atoms with van der Waals surface area (Å²) in [6, 6.07) is 8.67. The quantitative estimate of drug-likeness (QED) is 0.550. The van der Waals surface area contributed by atoms with Gasteiger partial charge in [0, 0.05) is 25.3 Å². The smallest absolute Gasteiger partial charge is 0.317 e. The highest BCUT2D eigenvalue weighted by Gasteiger charge is 2.43. The molecular formula is C18H25N3O6. The second kappa shape index (κ2) is 9.14. The minimum atomic E-state index is -1.20. The Morgan fingerprint density at radius 1 is 1.07 bits per heavy atom. The monoisotopic (exact) mass is 379 g/mol. The molecular weight excluding hydrogens is 354 g/mol. The highest BCUT2D eigenvalue weighted by atomic mass is 16.5. The zero-order valence-electron chi connectivity index (χ0n) is 14.9. The lowest BCUT2D eigenvalue weighted by Crippen LogP contribution is -2.49. The zero-order chi connectivity index (χ0) is 19.2. The van der Waals surface area contributed by atoms with Crippen LogP contribution in [0.15, 0.2) is 30.3 Å². The predicted molar refractivity (Wildman–Crippen MR) is 96.2 cm³/mol. The number of hydrogen-bond donors (Lipinski definition) is 4. The number of amides is 3. The Morgan fingerprint density at radius 2 is 1.74 bits per heavy atom. The molecule has 1 aromatic carbocycles. The Labute approximate surface area is 157 Å². The van der Waals surface area contributed by atoms with Gasteiger partial charge in [-0.2, -0.15) is 0 Å². The van der Waals surface area contributed by atoms with Gasteiger partial charge in [0.25, 0.3) is 0 Å². The number of nitrogens with zero attached hydrogens (tertiary/aromatic N) is 1. The van der Waals surface area contributed by atoms with Crippen molar-refractivity contribution in [3.8, 4) is 0 Å². The first-order valence-electron chi connectivity index (χ1n) is 9.01. The molecule has 4 atom stereocenters. The minimum absolute atomic E-state index is 0.0468. The number of morpholine rings is 1. The molecule has 148 valence electrons. The number of hydrogen-bond acceptors (Lipinski definition) is 6. The van der Waals surface area contributed by atoms with Crippen molar-refractivity contribution in [1.29, 1.82) is 0 Å². The molecule has 0 aromatic heterocycles. The third kappa shape index (κ3) is 5.16. The van der Waals surface area contributed by atoms with E-state index in [1.165, 1.54) is 0 Å². The van der Waals surface area contributed by atoms with Crippen LogP contribution in [0.4, 0.5) is 10.5 Å². The van der Waals surface area contributed by atoms with Gasteiger partial charge < -0.3 is 35.2 Å². The molecule has 2 aliphatic rings. The number of nitrogens with one attached hydrogen (secondary N) is 2. The van der Waals surface area contributed by atoms with Gasteiger partial charge in [0.05, 0.1) is 25.7 Å². The molecule has 3 amide bonds. The third-order valence-corrected chi connectivity index (χ3v) is 4.66. The largest absolute Gasteiger partial charge is 0.388 e. The number of carbonyl (C=O) groups is 2. The maximum Gasteiger partial charge on any atom is 0.317 e. The number of para-hydroxylation sites is 1. The summed E-state index contributed by atoms with van der Waals surface area (Å²) in [5.74, 6) is -0.324. The van der Waals surface area contributed by atoms with Crippen molar-refractivity contribution in [2.24, 2.45) is 0 Å². The second-order valence-electron chi connectivity index (χ2n) is 6.60. The van der Waals surface area contributed by atoms with Crippen LogP contribution in [0.1, 0.15) is 6.42 Å². The SMILES string of the molecule is O=C(CC1OC(CNC(=O)N2CCOCC2)C(O)C1O)Nc1ccccc1. The van der Waals surface area contributed by atoms with Crippen LogP contribution in [-0.2, 0) is 14.3 Å². The summed E-state index contributed by atoms with van der Waals surface area (Å²) in [5.41, 5.74) is 0.643. The van der Waals surface area contributed by atoms with Crippen LogP contribution in [0.3, 0.4) is 0 Å². The van der Waals surface area contributed by atoms with Crippen LogP contribution in [0.5, 0.6) is 0 Å². The lowest BCUT2D eigenvalue weighted by atomic mass is 10.1. The lowest BCUT2D eigenvalue weighted by molar-refractivity contribution is -0.120. The van der Waals surface area contributed by atoms with E-state index >= 15 is 0 Å². The molecule has 9 heteroatoms.